The lowest BCUT2D eigenvalue weighted by molar-refractivity contribution is -0.384. The van der Waals surface area contributed by atoms with Crippen LogP contribution >= 0.6 is 11.8 Å². The first-order valence-electron chi connectivity index (χ1n) is 8.25. The fourth-order valence-corrected chi connectivity index (χ4v) is 4.30. The Labute approximate surface area is 151 Å². The number of non-ortho nitro benzene ring substituents is 1. The molecule has 2 aromatic carbocycles. The van der Waals surface area contributed by atoms with E-state index in [1.807, 2.05) is 30.0 Å². The summed E-state index contributed by atoms with van der Waals surface area (Å²) in [6, 6.07) is 14.7. The maximum absolute atomic E-state index is 12.7. The van der Waals surface area contributed by atoms with Crippen LogP contribution in [0.15, 0.2) is 48.5 Å². The van der Waals surface area contributed by atoms with Crippen molar-refractivity contribution in [1.29, 1.82) is 0 Å². The topological polar surface area (TPSA) is 63.5 Å². The van der Waals surface area contributed by atoms with Crippen molar-refractivity contribution < 1.29 is 9.72 Å². The fourth-order valence-electron chi connectivity index (χ4n) is 3.02. The average Bonchev–Trinajstić information content (AvgIpc) is 3.09. The van der Waals surface area contributed by atoms with Crippen molar-refractivity contribution in [3.63, 3.8) is 0 Å². The average molecular weight is 356 g/mol. The molecule has 5 nitrogen and oxygen atoms in total. The molecule has 25 heavy (non-hydrogen) atoms. The molecule has 1 aliphatic rings. The van der Waals surface area contributed by atoms with Gasteiger partial charge in [0.25, 0.3) is 5.69 Å². The van der Waals surface area contributed by atoms with Crippen LogP contribution < -0.4 is 0 Å². The van der Waals surface area contributed by atoms with Crippen LogP contribution in [-0.4, -0.2) is 28.0 Å². The number of thioether (sulfide) groups is 1. The Kier molecular flexibility index (Phi) is 5.38. The molecule has 6 heteroatoms. The second kappa shape index (κ2) is 7.70. The van der Waals surface area contributed by atoms with Crippen LogP contribution in [0.5, 0.6) is 0 Å². The quantitative estimate of drug-likeness (QED) is 0.597. The molecule has 0 aromatic heterocycles. The van der Waals surface area contributed by atoms with Gasteiger partial charge in [0.15, 0.2) is 0 Å². The first-order valence-corrected chi connectivity index (χ1v) is 9.30. The summed E-state index contributed by atoms with van der Waals surface area (Å²) in [5.74, 6) is 1.02. The van der Waals surface area contributed by atoms with E-state index in [0.29, 0.717) is 6.42 Å². The number of nitro groups is 1. The van der Waals surface area contributed by atoms with Crippen molar-refractivity contribution in [1.82, 2.24) is 4.90 Å². The summed E-state index contributed by atoms with van der Waals surface area (Å²) in [6.45, 7) is 2.77. The maximum atomic E-state index is 12.7. The Bertz CT molecular complexity index is 776. The van der Waals surface area contributed by atoms with Gasteiger partial charge in [0.05, 0.1) is 4.92 Å². The van der Waals surface area contributed by atoms with E-state index in [2.05, 4.69) is 6.07 Å². The predicted molar refractivity (Wildman–Crippen MR) is 99.5 cm³/mol. The van der Waals surface area contributed by atoms with Gasteiger partial charge in [-0.3, -0.25) is 14.9 Å². The zero-order valence-electron chi connectivity index (χ0n) is 14.1. The lowest BCUT2D eigenvalue weighted by atomic mass is 10.1. The van der Waals surface area contributed by atoms with E-state index < -0.39 is 4.92 Å². The summed E-state index contributed by atoms with van der Waals surface area (Å²) in [5, 5.41) is 10.7. The standard InChI is InChI=1S/C19H20N2O3S/c1-14-3-2-4-15(13-14)5-10-18(22)20-11-12-25-19(20)16-6-8-17(9-7-16)21(23)24/h2-4,6-9,13,19H,5,10-12H2,1H3. The number of hydrogen-bond donors (Lipinski definition) is 0. The fraction of sp³-hybridized carbons (Fsp3) is 0.316. The van der Waals surface area contributed by atoms with Crippen LogP contribution in [0, 0.1) is 17.0 Å². The molecule has 3 rings (SSSR count). The lowest BCUT2D eigenvalue weighted by Crippen LogP contribution is -2.30. The molecule has 1 unspecified atom stereocenters. The van der Waals surface area contributed by atoms with Crippen molar-refractivity contribution in [2.75, 3.05) is 12.3 Å². The second-order valence-corrected chi connectivity index (χ2v) is 7.34. The third-order valence-corrected chi connectivity index (χ3v) is 5.57. The minimum Gasteiger partial charge on any atom is -0.326 e. The lowest BCUT2D eigenvalue weighted by Gasteiger charge is -2.24. The van der Waals surface area contributed by atoms with Crippen LogP contribution in [0.25, 0.3) is 0 Å². The molecular formula is C19H20N2O3S. The van der Waals surface area contributed by atoms with Crippen molar-refractivity contribution >= 4 is 23.4 Å². The van der Waals surface area contributed by atoms with Crippen LogP contribution in [0.3, 0.4) is 0 Å². The van der Waals surface area contributed by atoms with Crippen LogP contribution in [0.2, 0.25) is 0 Å². The van der Waals surface area contributed by atoms with Gasteiger partial charge in [-0.25, -0.2) is 0 Å². The van der Waals surface area contributed by atoms with E-state index in [1.54, 1.807) is 23.9 Å². The Hall–Kier alpha value is -2.34. The van der Waals surface area contributed by atoms with E-state index >= 15 is 0 Å². The molecule has 0 N–H and O–H groups in total. The molecule has 0 bridgehead atoms. The number of carbonyl (C=O) groups excluding carboxylic acids is 1. The second-order valence-electron chi connectivity index (χ2n) is 6.15. The molecule has 130 valence electrons. The van der Waals surface area contributed by atoms with Gasteiger partial charge in [0.1, 0.15) is 5.37 Å². The Morgan fingerprint density at radius 2 is 2.04 bits per heavy atom. The highest BCUT2D eigenvalue weighted by molar-refractivity contribution is 7.99. The minimum atomic E-state index is -0.406. The summed E-state index contributed by atoms with van der Waals surface area (Å²) >= 11 is 1.71. The molecule has 1 heterocycles. The molecule has 2 aromatic rings. The first-order chi connectivity index (χ1) is 12.0. The van der Waals surface area contributed by atoms with Crippen molar-refractivity contribution in [2.45, 2.75) is 25.1 Å². The Morgan fingerprint density at radius 3 is 2.72 bits per heavy atom. The van der Waals surface area contributed by atoms with E-state index in [9.17, 15) is 14.9 Å². The first kappa shape index (κ1) is 17.5. The van der Waals surface area contributed by atoms with E-state index in [4.69, 9.17) is 0 Å². The van der Waals surface area contributed by atoms with Gasteiger partial charge < -0.3 is 4.90 Å². The number of nitrogens with zero attached hydrogens (tertiary/aromatic N) is 2. The zero-order valence-corrected chi connectivity index (χ0v) is 14.9. The molecule has 0 saturated carbocycles. The number of carbonyl (C=O) groups is 1. The molecule has 1 fully saturated rings. The smallest absolute Gasteiger partial charge is 0.269 e. The predicted octanol–water partition coefficient (Wildman–Crippen LogP) is 4.11. The molecule has 0 radical (unpaired) electrons. The summed E-state index contributed by atoms with van der Waals surface area (Å²) < 4.78 is 0. The van der Waals surface area contributed by atoms with Gasteiger partial charge in [-0.1, -0.05) is 29.8 Å². The number of rotatable bonds is 5. The van der Waals surface area contributed by atoms with Gasteiger partial charge >= 0.3 is 0 Å². The largest absolute Gasteiger partial charge is 0.326 e. The van der Waals surface area contributed by atoms with Crippen LogP contribution in [0.4, 0.5) is 5.69 Å². The summed E-state index contributed by atoms with van der Waals surface area (Å²) in [5.41, 5.74) is 3.39. The number of aryl methyl sites for hydroxylation is 2. The van der Waals surface area contributed by atoms with Crippen LogP contribution in [-0.2, 0) is 11.2 Å². The Balaban J connectivity index is 1.66. The summed E-state index contributed by atoms with van der Waals surface area (Å²) in [6.07, 6.45) is 1.21. The van der Waals surface area contributed by atoms with Crippen molar-refractivity contribution in [2.24, 2.45) is 0 Å². The van der Waals surface area contributed by atoms with E-state index in [-0.39, 0.29) is 17.0 Å². The molecule has 1 aliphatic heterocycles. The highest BCUT2D eigenvalue weighted by Gasteiger charge is 2.30. The molecule has 1 amide bonds. The molecule has 1 atom stereocenters. The summed E-state index contributed by atoms with van der Waals surface area (Å²) in [7, 11) is 0. The minimum absolute atomic E-state index is 0.0502. The third-order valence-electron chi connectivity index (χ3n) is 4.31. The SMILES string of the molecule is Cc1cccc(CCC(=O)N2CCSC2c2ccc([N+](=O)[O-])cc2)c1. The molecular weight excluding hydrogens is 336 g/mol. The van der Waals surface area contributed by atoms with Crippen LogP contribution in [0.1, 0.15) is 28.5 Å². The third kappa shape index (κ3) is 4.20. The highest BCUT2D eigenvalue weighted by Crippen LogP contribution is 2.38. The van der Waals surface area contributed by atoms with Gasteiger partial charge in [-0.2, -0.15) is 0 Å². The van der Waals surface area contributed by atoms with Gasteiger partial charge in [-0.15, -0.1) is 11.8 Å². The normalized spacial score (nSPS) is 16.8. The van der Waals surface area contributed by atoms with E-state index in [1.165, 1.54) is 23.3 Å². The zero-order chi connectivity index (χ0) is 17.8. The van der Waals surface area contributed by atoms with Gasteiger partial charge in [0, 0.05) is 30.9 Å². The molecule has 0 aliphatic carbocycles. The highest BCUT2D eigenvalue weighted by atomic mass is 32.2. The van der Waals surface area contributed by atoms with Gasteiger partial charge in [-0.05, 0) is 36.6 Å². The molecule has 0 spiro atoms. The summed E-state index contributed by atoms with van der Waals surface area (Å²) in [4.78, 5) is 24.9. The van der Waals surface area contributed by atoms with E-state index in [0.717, 1.165) is 24.3 Å². The number of nitro benzene ring substituents is 1. The van der Waals surface area contributed by atoms with Crippen molar-refractivity contribution in [3.8, 4) is 0 Å². The van der Waals surface area contributed by atoms with Crippen molar-refractivity contribution in [3.05, 3.63) is 75.3 Å². The van der Waals surface area contributed by atoms with Gasteiger partial charge in [0.2, 0.25) is 5.91 Å². The number of amides is 1. The Morgan fingerprint density at radius 1 is 1.28 bits per heavy atom. The maximum Gasteiger partial charge on any atom is 0.269 e. The number of benzene rings is 2. The molecule has 1 saturated heterocycles. The number of hydrogen-bond acceptors (Lipinski definition) is 4. The monoisotopic (exact) mass is 356 g/mol.